The standard InChI is InChI=1S/C14H16N2O2S/c1-3-18-13-6-4-11(5-7-13)16-14(17)8-12-9-19-10(2)15-12/h4-7,9H,3,8H2,1-2H3,(H,16,17). The number of thiazole rings is 1. The van der Waals surface area contributed by atoms with Crippen LogP contribution in [0.4, 0.5) is 5.69 Å². The Morgan fingerprint density at radius 3 is 2.68 bits per heavy atom. The number of carbonyl (C=O) groups excluding carboxylic acids is 1. The first-order valence-corrected chi connectivity index (χ1v) is 6.99. The van der Waals surface area contributed by atoms with Gasteiger partial charge in [0.25, 0.3) is 0 Å². The van der Waals surface area contributed by atoms with Crippen molar-refractivity contribution in [1.82, 2.24) is 4.98 Å². The number of anilines is 1. The zero-order chi connectivity index (χ0) is 13.7. The van der Waals surface area contributed by atoms with Gasteiger partial charge in [-0.1, -0.05) is 0 Å². The normalized spacial score (nSPS) is 10.2. The van der Waals surface area contributed by atoms with Crippen molar-refractivity contribution in [1.29, 1.82) is 0 Å². The zero-order valence-electron chi connectivity index (χ0n) is 11.0. The van der Waals surface area contributed by atoms with Crippen LogP contribution in [0.5, 0.6) is 5.75 Å². The van der Waals surface area contributed by atoms with Crippen LogP contribution in [-0.2, 0) is 11.2 Å². The molecular weight excluding hydrogens is 260 g/mol. The van der Waals surface area contributed by atoms with E-state index in [0.29, 0.717) is 13.0 Å². The summed E-state index contributed by atoms with van der Waals surface area (Å²) in [4.78, 5) is 16.1. The lowest BCUT2D eigenvalue weighted by Crippen LogP contribution is -2.14. The van der Waals surface area contributed by atoms with Gasteiger partial charge in [0, 0.05) is 11.1 Å². The highest BCUT2D eigenvalue weighted by molar-refractivity contribution is 7.09. The van der Waals surface area contributed by atoms with Gasteiger partial charge < -0.3 is 10.1 Å². The molecule has 5 heteroatoms. The van der Waals surface area contributed by atoms with Crippen LogP contribution >= 0.6 is 11.3 Å². The largest absolute Gasteiger partial charge is 0.494 e. The third-order valence-corrected chi connectivity index (χ3v) is 3.28. The van der Waals surface area contributed by atoms with E-state index in [4.69, 9.17) is 4.74 Å². The lowest BCUT2D eigenvalue weighted by Gasteiger charge is -2.06. The number of ether oxygens (including phenoxy) is 1. The Labute approximate surface area is 116 Å². The first kappa shape index (κ1) is 13.5. The van der Waals surface area contributed by atoms with Gasteiger partial charge in [-0.05, 0) is 38.1 Å². The number of aromatic nitrogens is 1. The van der Waals surface area contributed by atoms with E-state index in [1.807, 2.05) is 43.5 Å². The van der Waals surface area contributed by atoms with Crippen LogP contribution in [0.1, 0.15) is 17.6 Å². The van der Waals surface area contributed by atoms with Gasteiger partial charge in [-0.3, -0.25) is 4.79 Å². The van der Waals surface area contributed by atoms with E-state index in [1.54, 1.807) is 11.3 Å². The Bertz CT molecular complexity index is 549. The summed E-state index contributed by atoms with van der Waals surface area (Å²) in [5.74, 6) is 0.741. The summed E-state index contributed by atoms with van der Waals surface area (Å²) in [6.45, 7) is 4.50. The molecule has 4 nitrogen and oxygen atoms in total. The monoisotopic (exact) mass is 276 g/mol. The van der Waals surface area contributed by atoms with Gasteiger partial charge >= 0.3 is 0 Å². The number of hydrogen-bond acceptors (Lipinski definition) is 4. The van der Waals surface area contributed by atoms with Crippen molar-refractivity contribution < 1.29 is 9.53 Å². The first-order valence-electron chi connectivity index (χ1n) is 6.11. The number of rotatable bonds is 5. The van der Waals surface area contributed by atoms with Gasteiger partial charge in [-0.25, -0.2) is 4.98 Å². The third kappa shape index (κ3) is 4.06. The van der Waals surface area contributed by atoms with Crippen LogP contribution in [-0.4, -0.2) is 17.5 Å². The van der Waals surface area contributed by atoms with Crippen LogP contribution < -0.4 is 10.1 Å². The summed E-state index contributed by atoms with van der Waals surface area (Å²) >= 11 is 1.55. The van der Waals surface area contributed by atoms with Gasteiger partial charge in [-0.2, -0.15) is 0 Å². The molecule has 0 fully saturated rings. The molecule has 0 aliphatic heterocycles. The maximum Gasteiger partial charge on any atom is 0.230 e. The SMILES string of the molecule is CCOc1ccc(NC(=O)Cc2csc(C)n2)cc1. The summed E-state index contributed by atoms with van der Waals surface area (Å²) in [7, 11) is 0. The molecule has 0 bridgehead atoms. The number of benzene rings is 1. The molecule has 19 heavy (non-hydrogen) atoms. The van der Waals surface area contributed by atoms with Crippen molar-refractivity contribution in [3.05, 3.63) is 40.3 Å². The third-order valence-electron chi connectivity index (χ3n) is 2.46. The molecule has 1 heterocycles. The minimum Gasteiger partial charge on any atom is -0.494 e. The average Bonchev–Trinajstić information content (AvgIpc) is 2.77. The van der Waals surface area contributed by atoms with Crippen LogP contribution in [0.2, 0.25) is 0 Å². The highest BCUT2D eigenvalue weighted by Crippen LogP contribution is 2.16. The molecule has 1 amide bonds. The van der Waals surface area contributed by atoms with Crippen molar-refractivity contribution in [2.24, 2.45) is 0 Å². The lowest BCUT2D eigenvalue weighted by atomic mass is 10.2. The van der Waals surface area contributed by atoms with E-state index in [-0.39, 0.29) is 5.91 Å². The van der Waals surface area contributed by atoms with Crippen molar-refractivity contribution in [3.63, 3.8) is 0 Å². The van der Waals surface area contributed by atoms with Crippen molar-refractivity contribution in [3.8, 4) is 5.75 Å². The zero-order valence-corrected chi connectivity index (χ0v) is 11.8. The van der Waals surface area contributed by atoms with E-state index < -0.39 is 0 Å². The molecule has 0 saturated heterocycles. The number of nitrogens with zero attached hydrogens (tertiary/aromatic N) is 1. The molecule has 1 N–H and O–H groups in total. The van der Waals surface area contributed by atoms with E-state index in [0.717, 1.165) is 22.1 Å². The maximum absolute atomic E-state index is 11.8. The first-order chi connectivity index (χ1) is 9.17. The number of hydrogen-bond donors (Lipinski definition) is 1. The fourth-order valence-corrected chi connectivity index (χ4v) is 2.27. The smallest absolute Gasteiger partial charge is 0.230 e. The molecule has 0 radical (unpaired) electrons. The van der Waals surface area contributed by atoms with Crippen LogP contribution in [0, 0.1) is 6.92 Å². The van der Waals surface area contributed by atoms with Gasteiger partial charge in [0.05, 0.1) is 23.7 Å². The van der Waals surface area contributed by atoms with Crippen molar-refractivity contribution in [2.45, 2.75) is 20.3 Å². The molecule has 0 aliphatic rings. The second kappa shape index (κ2) is 6.33. The fraction of sp³-hybridized carbons (Fsp3) is 0.286. The Hall–Kier alpha value is -1.88. The number of nitrogens with one attached hydrogen (secondary N) is 1. The summed E-state index contributed by atoms with van der Waals surface area (Å²) in [6, 6.07) is 7.34. The molecule has 1 aromatic carbocycles. The average molecular weight is 276 g/mol. The molecule has 1 aromatic heterocycles. The molecule has 0 unspecified atom stereocenters. The molecule has 2 aromatic rings. The number of aryl methyl sites for hydroxylation is 1. The predicted octanol–water partition coefficient (Wildman–Crippen LogP) is 3.03. The van der Waals surface area contributed by atoms with E-state index in [9.17, 15) is 4.79 Å². The second-order valence-corrected chi connectivity index (χ2v) is 5.10. The summed E-state index contributed by atoms with van der Waals surface area (Å²) in [5, 5.41) is 5.72. The van der Waals surface area contributed by atoms with Crippen molar-refractivity contribution in [2.75, 3.05) is 11.9 Å². The quantitative estimate of drug-likeness (QED) is 0.913. The number of carbonyl (C=O) groups is 1. The summed E-state index contributed by atoms with van der Waals surface area (Å²) in [6.07, 6.45) is 0.303. The maximum atomic E-state index is 11.8. The molecular formula is C14H16N2O2S. The molecule has 2 rings (SSSR count). The molecule has 0 aliphatic carbocycles. The van der Waals surface area contributed by atoms with Gasteiger partial charge in [0.2, 0.25) is 5.91 Å². The molecule has 0 spiro atoms. The highest BCUT2D eigenvalue weighted by atomic mass is 32.1. The lowest BCUT2D eigenvalue weighted by molar-refractivity contribution is -0.115. The second-order valence-electron chi connectivity index (χ2n) is 4.04. The minimum absolute atomic E-state index is 0.0607. The summed E-state index contributed by atoms with van der Waals surface area (Å²) in [5.41, 5.74) is 1.58. The predicted molar refractivity (Wildman–Crippen MR) is 76.8 cm³/mol. The van der Waals surface area contributed by atoms with Crippen molar-refractivity contribution >= 4 is 22.9 Å². The molecule has 100 valence electrons. The highest BCUT2D eigenvalue weighted by Gasteiger charge is 2.06. The van der Waals surface area contributed by atoms with Crippen LogP contribution in [0.25, 0.3) is 0 Å². The van der Waals surface area contributed by atoms with Gasteiger partial charge in [0.15, 0.2) is 0 Å². The van der Waals surface area contributed by atoms with Crippen LogP contribution in [0.3, 0.4) is 0 Å². The Balaban J connectivity index is 1.91. The molecule has 0 atom stereocenters. The fourth-order valence-electron chi connectivity index (χ4n) is 1.66. The van der Waals surface area contributed by atoms with E-state index >= 15 is 0 Å². The minimum atomic E-state index is -0.0607. The molecule has 0 saturated carbocycles. The van der Waals surface area contributed by atoms with Gasteiger partial charge in [-0.15, -0.1) is 11.3 Å². The van der Waals surface area contributed by atoms with Crippen LogP contribution in [0.15, 0.2) is 29.6 Å². The topological polar surface area (TPSA) is 51.2 Å². The number of amides is 1. The van der Waals surface area contributed by atoms with E-state index in [2.05, 4.69) is 10.3 Å². The Morgan fingerprint density at radius 2 is 2.11 bits per heavy atom. The Morgan fingerprint density at radius 1 is 1.37 bits per heavy atom. The summed E-state index contributed by atoms with van der Waals surface area (Å²) < 4.78 is 5.34. The Kier molecular flexibility index (Phi) is 4.52. The van der Waals surface area contributed by atoms with Gasteiger partial charge in [0.1, 0.15) is 5.75 Å². The van der Waals surface area contributed by atoms with E-state index in [1.165, 1.54) is 0 Å².